The number of hydrogen-bond donors (Lipinski definition) is 0. The Balaban J connectivity index is 1.79. The van der Waals surface area contributed by atoms with Crippen molar-refractivity contribution in [1.29, 1.82) is 0 Å². The van der Waals surface area contributed by atoms with Crippen molar-refractivity contribution in [3.8, 4) is 11.5 Å². The minimum atomic E-state index is -0.235. The zero-order chi connectivity index (χ0) is 14.7. The maximum absolute atomic E-state index is 12.2. The molecule has 0 fully saturated rings. The van der Waals surface area contributed by atoms with E-state index in [1.165, 1.54) is 0 Å². The van der Waals surface area contributed by atoms with Gasteiger partial charge in [0, 0.05) is 0 Å². The van der Waals surface area contributed by atoms with Gasteiger partial charge in [-0.25, -0.2) is 0 Å². The van der Waals surface area contributed by atoms with E-state index in [2.05, 4.69) is 6.58 Å². The summed E-state index contributed by atoms with van der Waals surface area (Å²) in [6.45, 7) is 4.09. The number of ether oxygens (including phenoxy) is 2. The second-order valence-corrected chi connectivity index (χ2v) is 4.90. The highest BCUT2D eigenvalue weighted by Gasteiger charge is 2.27. The monoisotopic (exact) mass is 280 g/mol. The van der Waals surface area contributed by atoms with Crippen molar-refractivity contribution in [2.45, 2.75) is 12.5 Å². The Morgan fingerprint density at radius 3 is 2.71 bits per heavy atom. The minimum Gasteiger partial charge on any atom is -0.490 e. The molecule has 0 saturated heterocycles. The fraction of sp³-hybridized carbons (Fsp3) is 0.167. The fourth-order valence-electron chi connectivity index (χ4n) is 2.39. The van der Waals surface area contributed by atoms with Gasteiger partial charge in [-0.1, -0.05) is 36.9 Å². The first-order chi connectivity index (χ1) is 10.3. The molecule has 1 aliphatic heterocycles. The largest absolute Gasteiger partial charge is 0.490 e. The highest BCUT2D eigenvalue weighted by Crippen LogP contribution is 2.34. The third-order valence-electron chi connectivity index (χ3n) is 3.45. The van der Waals surface area contributed by atoms with Crippen LogP contribution in [-0.2, 0) is 0 Å². The molecule has 0 spiro atoms. The summed E-state index contributed by atoms with van der Waals surface area (Å²) in [6.07, 6.45) is 1.83. The Morgan fingerprint density at radius 2 is 1.95 bits per heavy atom. The van der Waals surface area contributed by atoms with Gasteiger partial charge in [0.15, 0.2) is 5.78 Å². The molecule has 1 heterocycles. The van der Waals surface area contributed by atoms with Crippen molar-refractivity contribution in [2.24, 2.45) is 0 Å². The standard InChI is InChI=1S/C18H16O3/c1-2-11-20-14-9-7-13(8-10-14)18-12-16(19)15-5-3-4-6-17(15)21-18/h2-10,18H,1,11-12H2. The first kappa shape index (κ1) is 13.4. The van der Waals surface area contributed by atoms with Gasteiger partial charge in [-0.2, -0.15) is 0 Å². The molecule has 0 saturated carbocycles. The molecule has 0 aliphatic carbocycles. The maximum Gasteiger partial charge on any atom is 0.170 e. The quantitative estimate of drug-likeness (QED) is 0.795. The molecule has 0 radical (unpaired) electrons. The molecular weight excluding hydrogens is 264 g/mol. The summed E-state index contributed by atoms with van der Waals surface area (Å²) in [5.41, 5.74) is 1.64. The van der Waals surface area contributed by atoms with Gasteiger partial charge in [-0.3, -0.25) is 4.79 Å². The van der Waals surface area contributed by atoms with Crippen molar-refractivity contribution in [3.05, 3.63) is 72.3 Å². The highest BCUT2D eigenvalue weighted by molar-refractivity contribution is 5.99. The second-order valence-electron chi connectivity index (χ2n) is 4.90. The van der Waals surface area contributed by atoms with Crippen LogP contribution in [0.4, 0.5) is 0 Å². The van der Waals surface area contributed by atoms with Crippen LogP contribution in [0, 0.1) is 0 Å². The number of ketones is 1. The zero-order valence-corrected chi connectivity index (χ0v) is 11.6. The lowest BCUT2D eigenvalue weighted by molar-refractivity contribution is 0.0850. The summed E-state index contributed by atoms with van der Waals surface area (Å²) in [4.78, 5) is 12.2. The number of para-hydroxylation sites is 1. The predicted octanol–water partition coefficient (Wildman–Crippen LogP) is 3.96. The van der Waals surface area contributed by atoms with Crippen LogP contribution in [0.3, 0.4) is 0 Å². The van der Waals surface area contributed by atoms with Gasteiger partial charge in [0.25, 0.3) is 0 Å². The minimum absolute atomic E-state index is 0.119. The Hall–Kier alpha value is -2.55. The molecule has 106 valence electrons. The van der Waals surface area contributed by atoms with Gasteiger partial charge in [0.2, 0.25) is 0 Å². The zero-order valence-electron chi connectivity index (χ0n) is 11.6. The van der Waals surface area contributed by atoms with Gasteiger partial charge < -0.3 is 9.47 Å². The van der Waals surface area contributed by atoms with Crippen molar-refractivity contribution >= 4 is 5.78 Å². The van der Waals surface area contributed by atoms with Gasteiger partial charge in [-0.05, 0) is 29.8 Å². The molecule has 2 aromatic carbocycles. The molecule has 3 nitrogen and oxygen atoms in total. The molecule has 1 atom stereocenters. The number of fused-ring (bicyclic) bond motifs is 1. The van der Waals surface area contributed by atoms with Crippen LogP contribution >= 0.6 is 0 Å². The van der Waals surface area contributed by atoms with Crippen molar-refractivity contribution in [1.82, 2.24) is 0 Å². The average Bonchev–Trinajstić information content (AvgIpc) is 2.53. The molecule has 3 rings (SSSR count). The first-order valence-electron chi connectivity index (χ1n) is 6.90. The first-order valence-corrected chi connectivity index (χ1v) is 6.90. The summed E-state index contributed by atoms with van der Waals surface area (Å²) < 4.78 is 11.4. The lowest BCUT2D eigenvalue weighted by atomic mass is 9.96. The second kappa shape index (κ2) is 5.83. The third-order valence-corrected chi connectivity index (χ3v) is 3.45. The Morgan fingerprint density at radius 1 is 1.19 bits per heavy atom. The average molecular weight is 280 g/mol. The van der Waals surface area contributed by atoms with E-state index in [1.54, 1.807) is 12.1 Å². The van der Waals surface area contributed by atoms with Crippen LogP contribution in [0.25, 0.3) is 0 Å². The van der Waals surface area contributed by atoms with E-state index < -0.39 is 0 Å². The summed E-state index contributed by atoms with van der Waals surface area (Å²) in [6, 6.07) is 15.0. The van der Waals surface area contributed by atoms with E-state index in [1.807, 2.05) is 42.5 Å². The van der Waals surface area contributed by atoms with E-state index in [-0.39, 0.29) is 11.9 Å². The van der Waals surface area contributed by atoms with Gasteiger partial charge in [0.05, 0.1) is 12.0 Å². The topological polar surface area (TPSA) is 35.5 Å². The molecule has 1 unspecified atom stereocenters. The molecule has 0 amide bonds. The van der Waals surface area contributed by atoms with Crippen LogP contribution in [0.1, 0.15) is 28.4 Å². The molecule has 21 heavy (non-hydrogen) atoms. The van der Waals surface area contributed by atoms with Gasteiger partial charge >= 0.3 is 0 Å². The normalized spacial score (nSPS) is 16.8. The van der Waals surface area contributed by atoms with Crippen LogP contribution in [0.2, 0.25) is 0 Å². The van der Waals surface area contributed by atoms with Gasteiger partial charge in [-0.15, -0.1) is 0 Å². The van der Waals surface area contributed by atoms with Crippen LogP contribution < -0.4 is 9.47 Å². The van der Waals surface area contributed by atoms with E-state index in [0.29, 0.717) is 24.3 Å². The summed E-state index contributed by atoms with van der Waals surface area (Å²) in [5, 5.41) is 0. The number of benzene rings is 2. The number of rotatable bonds is 4. The van der Waals surface area contributed by atoms with Crippen molar-refractivity contribution < 1.29 is 14.3 Å². The highest BCUT2D eigenvalue weighted by atomic mass is 16.5. The van der Waals surface area contributed by atoms with E-state index in [9.17, 15) is 4.79 Å². The fourth-order valence-corrected chi connectivity index (χ4v) is 2.39. The summed E-state index contributed by atoms with van der Waals surface area (Å²) >= 11 is 0. The number of Topliss-reactive ketones (excluding diaryl/α,β-unsaturated/α-hetero) is 1. The predicted molar refractivity (Wildman–Crippen MR) is 80.9 cm³/mol. The van der Waals surface area contributed by atoms with Gasteiger partial charge in [0.1, 0.15) is 24.2 Å². The number of hydrogen-bond acceptors (Lipinski definition) is 3. The molecule has 0 aromatic heterocycles. The van der Waals surface area contributed by atoms with Crippen LogP contribution in [0.5, 0.6) is 11.5 Å². The molecule has 1 aliphatic rings. The Bertz CT molecular complexity index is 658. The molecule has 2 aromatic rings. The summed E-state index contributed by atoms with van der Waals surface area (Å²) in [5.74, 6) is 1.56. The molecule has 0 N–H and O–H groups in total. The lowest BCUT2D eigenvalue weighted by Gasteiger charge is -2.25. The van der Waals surface area contributed by atoms with E-state index >= 15 is 0 Å². The smallest absolute Gasteiger partial charge is 0.170 e. The van der Waals surface area contributed by atoms with Crippen molar-refractivity contribution in [3.63, 3.8) is 0 Å². The maximum atomic E-state index is 12.2. The number of carbonyl (C=O) groups excluding carboxylic acids is 1. The Kier molecular flexibility index (Phi) is 3.73. The molecule has 3 heteroatoms. The molecule has 0 bridgehead atoms. The van der Waals surface area contributed by atoms with Crippen LogP contribution in [0.15, 0.2) is 61.2 Å². The SMILES string of the molecule is C=CCOc1ccc(C2CC(=O)c3ccccc3O2)cc1. The third kappa shape index (κ3) is 2.82. The van der Waals surface area contributed by atoms with Crippen LogP contribution in [-0.4, -0.2) is 12.4 Å². The van der Waals surface area contributed by atoms with Crippen molar-refractivity contribution in [2.75, 3.05) is 6.61 Å². The lowest BCUT2D eigenvalue weighted by Crippen LogP contribution is -2.20. The van der Waals surface area contributed by atoms with E-state index in [0.717, 1.165) is 11.3 Å². The summed E-state index contributed by atoms with van der Waals surface area (Å²) in [7, 11) is 0. The number of carbonyl (C=O) groups is 1. The molecular formula is C18H16O3. The van der Waals surface area contributed by atoms with E-state index in [4.69, 9.17) is 9.47 Å². The Labute approximate surface area is 123 Å².